The highest BCUT2D eigenvalue weighted by Crippen LogP contribution is 2.25. The number of rotatable bonds is 1. The molecule has 1 saturated carbocycles. The zero-order valence-corrected chi connectivity index (χ0v) is 10.2. The van der Waals surface area contributed by atoms with Crippen LogP contribution in [0.3, 0.4) is 0 Å². The summed E-state index contributed by atoms with van der Waals surface area (Å²) in [4.78, 5) is 0. The quantitative estimate of drug-likeness (QED) is 0.412. The van der Waals surface area contributed by atoms with Gasteiger partial charge >= 0.3 is 0 Å². The number of hydrogen-bond acceptors (Lipinski definition) is 1. The molecule has 0 heterocycles. The van der Waals surface area contributed by atoms with Crippen molar-refractivity contribution in [2.45, 2.75) is 51.0 Å². The molecule has 0 radical (unpaired) electrons. The van der Waals surface area contributed by atoms with Gasteiger partial charge in [-0.25, -0.2) is 4.74 Å². The maximum absolute atomic E-state index is 12.4. The van der Waals surface area contributed by atoms with E-state index in [1.54, 1.807) is 0 Å². The first-order chi connectivity index (χ1) is 8.36. The van der Waals surface area contributed by atoms with Gasteiger partial charge in [-0.05, 0) is 30.9 Å². The molecule has 1 fully saturated rings. The summed E-state index contributed by atoms with van der Waals surface area (Å²) in [6.45, 7) is 0. The number of nitrogens with zero attached hydrogens (tertiary/aromatic N) is 1. The lowest BCUT2D eigenvalue weighted by Gasteiger charge is -2.22. The van der Waals surface area contributed by atoms with Gasteiger partial charge in [0.15, 0.2) is 11.8 Å². The molecule has 0 atom stereocenters. The van der Waals surface area contributed by atoms with Gasteiger partial charge in [0.2, 0.25) is 0 Å². The molecule has 0 aliphatic heterocycles. The first-order valence-corrected chi connectivity index (χ1v) is 6.77. The van der Waals surface area contributed by atoms with Gasteiger partial charge in [0.25, 0.3) is 0 Å². The molecular weight excluding hydrogens is 210 g/mol. The fourth-order valence-electron chi connectivity index (χ4n) is 3.17. The van der Waals surface area contributed by atoms with Crippen molar-refractivity contribution < 1.29 is 4.74 Å². The molecule has 1 aromatic rings. The average Bonchev–Trinajstić information content (AvgIpc) is 2.83. The normalized spacial score (nSPS) is 23.5. The lowest BCUT2D eigenvalue weighted by atomic mass is 9.95. The van der Waals surface area contributed by atoms with Gasteiger partial charge in [0.05, 0.1) is 0 Å². The molecule has 0 N–H and O–H groups in total. The van der Waals surface area contributed by atoms with Crippen molar-refractivity contribution >= 4 is 5.71 Å². The summed E-state index contributed by atoms with van der Waals surface area (Å²) >= 11 is 0. The van der Waals surface area contributed by atoms with Crippen molar-refractivity contribution in [1.29, 1.82) is 0 Å². The highest BCUT2D eigenvalue weighted by atomic mass is 16.5. The summed E-state index contributed by atoms with van der Waals surface area (Å²) < 4.78 is 1.34. The summed E-state index contributed by atoms with van der Waals surface area (Å²) in [6.07, 6.45) is 7.87. The minimum atomic E-state index is 0.241. The smallest absolute Gasteiger partial charge is 0.195 e. The second kappa shape index (κ2) is 4.52. The minimum absolute atomic E-state index is 0.241. The maximum atomic E-state index is 12.4. The minimum Gasteiger partial charge on any atom is -0.623 e. The summed E-state index contributed by atoms with van der Waals surface area (Å²) in [5.41, 5.74) is 3.58. The van der Waals surface area contributed by atoms with Crippen LogP contribution in [0.25, 0.3) is 0 Å². The Kier molecular flexibility index (Phi) is 2.87. The number of hydrogen-bond donors (Lipinski definition) is 0. The molecule has 0 saturated heterocycles. The van der Waals surface area contributed by atoms with Gasteiger partial charge in [-0.2, -0.15) is 0 Å². The van der Waals surface area contributed by atoms with Crippen LogP contribution in [0, 0.1) is 5.21 Å². The molecule has 3 rings (SSSR count). The summed E-state index contributed by atoms with van der Waals surface area (Å²) in [6, 6.07) is 8.60. The largest absolute Gasteiger partial charge is 0.623 e. The molecule has 2 aliphatic rings. The third-order valence-electron chi connectivity index (χ3n) is 4.13. The highest BCUT2D eigenvalue weighted by Gasteiger charge is 2.28. The molecule has 0 amide bonds. The number of aryl methyl sites for hydroxylation is 1. The van der Waals surface area contributed by atoms with Crippen LogP contribution in [-0.4, -0.2) is 16.5 Å². The SMILES string of the molecule is [O-]/[N+](=C1/CCc2ccccc21)C1CCCCC1. The van der Waals surface area contributed by atoms with Crippen LogP contribution in [0.4, 0.5) is 0 Å². The average molecular weight is 229 g/mol. The standard InChI is InChI=1S/C15H19NO/c17-16(13-7-2-1-3-8-13)15-11-10-12-6-4-5-9-14(12)15/h4-6,9,13H,1-3,7-8,10-11H2/b16-15-. The van der Waals surface area contributed by atoms with E-state index in [0.717, 1.165) is 31.4 Å². The van der Waals surface area contributed by atoms with Crippen molar-refractivity contribution in [3.05, 3.63) is 40.6 Å². The summed E-state index contributed by atoms with van der Waals surface area (Å²) in [5, 5.41) is 12.4. The van der Waals surface area contributed by atoms with Crippen LogP contribution in [0.15, 0.2) is 24.3 Å². The second-order valence-corrected chi connectivity index (χ2v) is 5.22. The van der Waals surface area contributed by atoms with Crippen molar-refractivity contribution in [1.82, 2.24) is 0 Å². The molecule has 2 heteroatoms. The van der Waals surface area contributed by atoms with Gasteiger partial charge in [0.1, 0.15) is 0 Å². The van der Waals surface area contributed by atoms with Crippen LogP contribution in [-0.2, 0) is 6.42 Å². The molecule has 2 aliphatic carbocycles. The van der Waals surface area contributed by atoms with E-state index in [1.807, 2.05) is 6.07 Å². The summed E-state index contributed by atoms with van der Waals surface area (Å²) in [7, 11) is 0. The molecule has 17 heavy (non-hydrogen) atoms. The van der Waals surface area contributed by atoms with Crippen molar-refractivity contribution in [2.24, 2.45) is 0 Å². The highest BCUT2D eigenvalue weighted by molar-refractivity contribution is 6.01. The van der Waals surface area contributed by atoms with Crippen molar-refractivity contribution in [3.63, 3.8) is 0 Å². The lowest BCUT2D eigenvalue weighted by molar-refractivity contribution is -0.506. The molecule has 0 spiro atoms. The van der Waals surface area contributed by atoms with E-state index in [-0.39, 0.29) is 6.04 Å². The Labute approximate surface area is 103 Å². The van der Waals surface area contributed by atoms with E-state index >= 15 is 0 Å². The predicted molar refractivity (Wildman–Crippen MR) is 69.4 cm³/mol. The monoisotopic (exact) mass is 229 g/mol. The molecule has 2 nitrogen and oxygen atoms in total. The topological polar surface area (TPSA) is 26.1 Å². The number of hydroxylamine groups is 1. The zero-order chi connectivity index (χ0) is 11.7. The Morgan fingerprint density at radius 3 is 2.59 bits per heavy atom. The van der Waals surface area contributed by atoms with E-state index < -0.39 is 0 Å². The molecule has 0 bridgehead atoms. The predicted octanol–water partition coefficient (Wildman–Crippen LogP) is 3.26. The molecule has 1 aromatic carbocycles. The summed E-state index contributed by atoms with van der Waals surface area (Å²) in [5.74, 6) is 0. The van der Waals surface area contributed by atoms with E-state index in [4.69, 9.17) is 0 Å². The van der Waals surface area contributed by atoms with Crippen LogP contribution in [0.1, 0.15) is 49.7 Å². The van der Waals surface area contributed by atoms with Crippen LogP contribution in [0.5, 0.6) is 0 Å². The maximum Gasteiger partial charge on any atom is 0.195 e. The molecular formula is C15H19NO. The second-order valence-electron chi connectivity index (χ2n) is 5.22. The zero-order valence-electron chi connectivity index (χ0n) is 10.2. The fourth-order valence-corrected chi connectivity index (χ4v) is 3.17. The molecule has 90 valence electrons. The first-order valence-electron chi connectivity index (χ1n) is 6.77. The Balaban J connectivity index is 1.93. The van der Waals surface area contributed by atoms with Gasteiger partial charge in [-0.1, -0.05) is 24.6 Å². The van der Waals surface area contributed by atoms with Gasteiger partial charge in [-0.15, -0.1) is 0 Å². The third-order valence-corrected chi connectivity index (χ3v) is 4.13. The fraction of sp³-hybridized carbons (Fsp3) is 0.533. The lowest BCUT2D eigenvalue weighted by Crippen LogP contribution is -2.29. The van der Waals surface area contributed by atoms with Crippen molar-refractivity contribution in [3.8, 4) is 0 Å². The van der Waals surface area contributed by atoms with Crippen LogP contribution in [0.2, 0.25) is 0 Å². The third kappa shape index (κ3) is 1.97. The van der Waals surface area contributed by atoms with E-state index in [0.29, 0.717) is 0 Å². The number of benzene rings is 1. The number of fused-ring (bicyclic) bond motifs is 1. The van der Waals surface area contributed by atoms with Crippen molar-refractivity contribution in [2.75, 3.05) is 0 Å². The van der Waals surface area contributed by atoms with Crippen LogP contribution >= 0.6 is 0 Å². The van der Waals surface area contributed by atoms with Gasteiger partial charge in [-0.3, -0.25) is 0 Å². The Bertz CT molecular complexity index is 444. The van der Waals surface area contributed by atoms with E-state index in [2.05, 4.69) is 18.2 Å². The first kappa shape index (κ1) is 10.8. The molecule has 0 aromatic heterocycles. The Hall–Kier alpha value is -1.31. The van der Waals surface area contributed by atoms with E-state index in [9.17, 15) is 5.21 Å². The van der Waals surface area contributed by atoms with Crippen LogP contribution < -0.4 is 0 Å². The van der Waals surface area contributed by atoms with Gasteiger partial charge in [0, 0.05) is 24.8 Å². The van der Waals surface area contributed by atoms with E-state index in [1.165, 1.54) is 35.1 Å². The Morgan fingerprint density at radius 1 is 1.00 bits per heavy atom. The van der Waals surface area contributed by atoms with Gasteiger partial charge < -0.3 is 5.21 Å². The molecule has 0 unspecified atom stereocenters. The Morgan fingerprint density at radius 2 is 1.76 bits per heavy atom.